The summed E-state index contributed by atoms with van der Waals surface area (Å²) >= 11 is 12.2. The summed E-state index contributed by atoms with van der Waals surface area (Å²) in [6.07, 6.45) is 0.728. The number of nitrogens with zero attached hydrogens (tertiary/aromatic N) is 2. The van der Waals surface area contributed by atoms with E-state index in [4.69, 9.17) is 23.2 Å². The number of likely N-dealkylation sites (N-methyl/N-ethyl adjacent to an activating group) is 1. The standard InChI is InChI=1S/C27H31Cl2N3O4S/c1-5-18(2)30-27(34)19(3)32(16-20-10-13-24(28)25(29)14-20)26(33)17-31(4)37(35,36)23-12-11-21-8-6-7-9-22(21)15-23/h6-15,18-19H,5,16-17H2,1-4H3,(H,30,34)/t18-,19-/m0/s1. The Morgan fingerprint density at radius 2 is 1.62 bits per heavy atom. The Morgan fingerprint density at radius 3 is 2.27 bits per heavy atom. The quantitative estimate of drug-likeness (QED) is 0.371. The lowest BCUT2D eigenvalue weighted by Crippen LogP contribution is -2.51. The molecular formula is C27H31Cl2N3O4S. The summed E-state index contributed by atoms with van der Waals surface area (Å²) in [5.41, 5.74) is 0.658. The van der Waals surface area contributed by atoms with E-state index in [2.05, 4.69) is 5.32 Å². The number of hydrogen-bond acceptors (Lipinski definition) is 4. The van der Waals surface area contributed by atoms with Crippen LogP contribution in [0.15, 0.2) is 65.6 Å². The topological polar surface area (TPSA) is 86.8 Å². The lowest BCUT2D eigenvalue weighted by molar-refractivity contribution is -0.140. The van der Waals surface area contributed by atoms with Crippen molar-refractivity contribution in [2.75, 3.05) is 13.6 Å². The van der Waals surface area contributed by atoms with Crippen LogP contribution in [0.25, 0.3) is 10.8 Å². The molecule has 0 unspecified atom stereocenters. The third kappa shape index (κ3) is 7.02. The fourth-order valence-corrected chi connectivity index (χ4v) is 5.23. The summed E-state index contributed by atoms with van der Waals surface area (Å²) in [5.74, 6) is -0.854. The lowest BCUT2D eigenvalue weighted by Gasteiger charge is -2.31. The third-order valence-electron chi connectivity index (χ3n) is 6.29. The van der Waals surface area contributed by atoms with E-state index >= 15 is 0 Å². The number of nitrogens with one attached hydrogen (secondary N) is 1. The molecule has 2 amide bonds. The zero-order valence-corrected chi connectivity index (χ0v) is 23.6. The van der Waals surface area contributed by atoms with Crippen LogP contribution in [0.5, 0.6) is 0 Å². The molecule has 0 aromatic heterocycles. The van der Waals surface area contributed by atoms with E-state index in [0.29, 0.717) is 15.6 Å². The molecule has 0 aliphatic rings. The molecule has 0 radical (unpaired) electrons. The molecule has 7 nitrogen and oxygen atoms in total. The molecule has 2 atom stereocenters. The van der Waals surface area contributed by atoms with Gasteiger partial charge in [0, 0.05) is 19.6 Å². The van der Waals surface area contributed by atoms with Crippen molar-refractivity contribution in [2.24, 2.45) is 0 Å². The van der Waals surface area contributed by atoms with E-state index in [1.165, 1.54) is 18.0 Å². The number of benzene rings is 3. The molecular weight excluding hydrogens is 533 g/mol. The van der Waals surface area contributed by atoms with Crippen LogP contribution in [0.1, 0.15) is 32.8 Å². The van der Waals surface area contributed by atoms with E-state index in [0.717, 1.165) is 21.5 Å². The minimum atomic E-state index is -3.97. The highest BCUT2D eigenvalue weighted by atomic mass is 35.5. The van der Waals surface area contributed by atoms with Crippen molar-refractivity contribution in [1.29, 1.82) is 0 Å². The summed E-state index contributed by atoms with van der Waals surface area (Å²) < 4.78 is 27.6. The van der Waals surface area contributed by atoms with Crippen LogP contribution >= 0.6 is 23.2 Å². The van der Waals surface area contributed by atoms with Crippen molar-refractivity contribution in [3.8, 4) is 0 Å². The van der Waals surface area contributed by atoms with Crippen LogP contribution in [0.3, 0.4) is 0 Å². The number of carbonyl (C=O) groups is 2. The maximum absolute atomic E-state index is 13.5. The zero-order valence-electron chi connectivity index (χ0n) is 21.2. The average Bonchev–Trinajstić information content (AvgIpc) is 2.88. The molecule has 0 aliphatic carbocycles. The number of halogens is 2. The predicted octanol–water partition coefficient (Wildman–Crippen LogP) is 5.10. The SMILES string of the molecule is CC[C@H](C)NC(=O)[C@H](C)N(Cc1ccc(Cl)c(Cl)c1)C(=O)CN(C)S(=O)(=O)c1ccc2ccccc2c1. The normalized spacial score (nSPS) is 13.4. The van der Waals surface area contributed by atoms with Gasteiger partial charge in [-0.25, -0.2) is 8.42 Å². The number of rotatable bonds is 10. The summed E-state index contributed by atoms with van der Waals surface area (Å²) in [4.78, 5) is 27.8. The van der Waals surface area contributed by atoms with Crippen molar-refractivity contribution in [2.45, 2.75) is 50.7 Å². The summed E-state index contributed by atoms with van der Waals surface area (Å²) in [7, 11) is -2.62. The highest BCUT2D eigenvalue weighted by Gasteiger charge is 2.30. The van der Waals surface area contributed by atoms with Gasteiger partial charge in [0.2, 0.25) is 21.8 Å². The molecule has 3 rings (SSSR count). The van der Waals surface area contributed by atoms with E-state index < -0.39 is 28.5 Å². The van der Waals surface area contributed by atoms with Gasteiger partial charge in [0.1, 0.15) is 6.04 Å². The zero-order chi connectivity index (χ0) is 27.3. The number of fused-ring (bicyclic) bond motifs is 1. The first-order valence-corrected chi connectivity index (χ1v) is 14.1. The highest BCUT2D eigenvalue weighted by molar-refractivity contribution is 7.89. The monoisotopic (exact) mass is 563 g/mol. The van der Waals surface area contributed by atoms with Gasteiger partial charge in [0.05, 0.1) is 21.5 Å². The highest BCUT2D eigenvalue weighted by Crippen LogP contribution is 2.25. The average molecular weight is 565 g/mol. The first kappa shape index (κ1) is 28.9. The molecule has 1 N–H and O–H groups in total. The molecule has 37 heavy (non-hydrogen) atoms. The van der Waals surface area contributed by atoms with Gasteiger partial charge in [-0.2, -0.15) is 4.31 Å². The number of hydrogen-bond donors (Lipinski definition) is 1. The molecule has 10 heteroatoms. The minimum Gasteiger partial charge on any atom is -0.352 e. The second kappa shape index (κ2) is 12.3. The second-order valence-electron chi connectivity index (χ2n) is 9.03. The Bertz CT molecular complexity index is 1400. The van der Waals surface area contributed by atoms with Gasteiger partial charge in [-0.15, -0.1) is 0 Å². The van der Waals surface area contributed by atoms with E-state index in [9.17, 15) is 18.0 Å². The van der Waals surface area contributed by atoms with Crippen LogP contribution in [0, 0.1) is 0 Å². The largest absolute Gasteiger partial charge is 0.352 e. The van der Waals surface area contributed by atoms with Crippen LogP contribution in [0.2, 0.25) is 10.0 Å². The number of sulfonamides is 1. The van der Waals surface area contributed by atoms with Crippen LogP contribution in [0.4, 0.5) is 0 Å². The summed E-state index contributed by atoms with van der Waals surface area (Å²) in [6, 6.07) is 16.3. The van der Waals surface area contributed by atoms with Gasteiger partial charge < -0.3 is 10.2 Å². The Kier molecular flexibility index (Phi) is 9.58. The van der Waals surface area contributed by atoms with Gasteiger partial charge in [0.25, 0.3) is 0 Å². The van der Waals surface area contributed by atoms with E-state index in [-0.39, 0.29) is 23.4 Å². The number of amides is 2. The predicted molar refractivity (Wildman–Crippen MR) is 148 cm³/mol. The molecule has 198 valence electrons. The molecule has 0 saturated heterocycles. The molecule has 3 aromatic rings. The molecule has 0 aliphatic heterocycles. The van der Waals surface area contributed by atoms with Crippen molar-refractivity contribution in [3.05, 3.63) is 76.3 Å². The first-order chi connectivity index (χ1) is 17.4. The number of carbonyl (C=O) groups excluding carboxylic acids is 2. The molecule has 0 saturated carbocycles. The summed E-state index contributed by atoms with van der Waals surface area (Å²) in [6.45, 7) is 5.04. The lowest BCUT2D eigenvalue weighted by atomic mass is 10.1. The molecule has 0 fully saturated rings. The Labute approximate surface area is 228 Å². The molecule has 0 bridgehead atoms. The van der Waals surface area contributed by atoms with Gasteiger partial charge in [-0.05, 0) is 60.9 Å². The molecule has 0 heterocycles. The second-order valence-corrected chi connectivity index (χ2v) is 11.9. The maximum Gasteiger partial charge on any atom is 0.243 e. The Hall–Kier alpha value is -2.65. The van der Waals surface area contributed by atoms with E-state index in [1.54, 1.807) is 37.3 Å². The van der Waals surface area contributed by atoms with Crippen LogP contribution < -0.4 is 5.32 Å². The third-order valence-corrected chi connectivity index (χ3v) is 8.83. The van der Waals surface area contributed by atoms with Gasteiger partial charge in [-0.3, -0.25) is 9.59 Å². The van der Waals surface area contributed by atoms with Gasteiger partial charge in [-0.1, -0.05) is 66.5 Å². The van der Waals surface area contributed by atoms with Crippen molar-refractivity contribution >= 4 is 55.8 Å². The smallest absolute Gasteiger partial charge is 0.243 e. The van der Waals surface area contributed by atoms with Crippen LogP contribution in [-0.4, -0.2) is 55.1 Å². The minimum absolute atomic E-state index is 0.0503. The van der Waals surface area contributed by atoms with Gasteiger partial charge >= 0.3 is 0 Å². The fourth-order valence-electron chi connectivity index (χ4n) is 3.76. The molecule has 0 spiro atoms. The van der Waals surface area contributed by atoms with E-state index in [1.807, 2.05) is 38.1 Å². The Balaban J connectivity index is 1.86. The van der Waals surface area contributed by atoms with Gasteiger partial charge in [0.15, 0.2) is 0 Å². The fraction of sp³-hybridized carbons (Fsp3) is 0.333. The first-order valence-electron chi connectivity index (χ1n) is 11.9. The van der Waals surface area contributed by atoms with Crippen LogP contribution in [-0.2, 0) is 26.2 Å². The Morgan fingerprint density at radius 1 is 0.946 bits per heavy atom. The van der Waals surface area contributed by atoms with Crippen molar-refractivity contribution in [1.82, 2.24) is 14.5 Å². The maximum atomic E-state index is 13.5. The van der Waals surface area contributed by atoms with Crippen molar-refractivity contribution < 1.29 is 18.0 Å². The van der Waals surface area contributed by atoms with Crippen molar-refractivity contribution in [3.63, 3.8) is 0 Å². The summed E-state index contributed by atoms with van der Waals surface area (Å²) in [5, 5.41) is 5.26. The molecule has 3 aromatic carbocycles.